The van der Waals surface area contributed by atoms with Crippen molar-refractivity contribution in [2.24, 2.45) is 23.7 Å². The average molecular weight is 416 g/mol. The van der Waals surface area contributed by atoms with Gasteiger partial charge in [-0.3, -0.25) is 4.79 Å². The number of amides is 1. The molecule has 0 aromatic heterocycles. The molecule has 0 radical (unpaired) electrons. The number of carboxylic acids is 1. The van der Waals surface area contributed by atoms with E-state index in [-0.39, 0.29) is 5.54 Å². The van der Waals surface area contributed by atoms with E-state index in [4.69, 9.17) is 9.90 Å². The second kappa shape index (κ2) is 7.75. The van der Waals surface area contributed by atoms with Crippen molar-refractivity contribution < 1.29 is 27.9 Å². The van der Waals surface area contributed by atoms with Crippen molar-refractivity contribution in [2.75, 3.05) is 0 Å². The first kappa shape index (κ1) is 20.9. The number of carbonyl (C=O) groups is 2. The van der Waals surface area contributed by atoms with Crippen LogP contribution in [0.15, 0.2) is 0 Å². The highest BCUT2D eigenvalue weighted by atomic mass is 19.4. The number of halogens is 3. The third-order valence-corrected chi connectivity index (χ3v) is 7.73. The molecule has 3 N–H and O–H groups in total. The Labute approximate surface area is 169 Å². The summed E-state index contributed by atoms with van der Waals surface area (Å²) >= 11 is 0. The van der Waals surface area contributed by atoms with Gasteiger partial charge in [0.25, 0.3) is 0 Å². The van der Waals surface area contributed by atoms with Gasteiger partial charge < -0.3 is 15.7 Å². The maximum Gasteiger partial charge on any atom is 0.490 e. The zero-order valence-corrected chi connectivity index (χ0v) is 16.6. The largest absolute Gasteiger partial charge is 0.490 e. The molecule has 2 heterocycles. The Hall–Kier alpha value is -1.31. The molecule has 0 aromatic carbocycles. The lowest BCUT2D eigenvalue weighted by atomic mass is 9.53. The first-order chi connectivity index (χ1) is 13.6. The van der Waals surface area contributed by atoms with Crippen LogP contribution in [0.1, 0.15) is 70.6 Å². The second-order valence-corrected chi connectivity index (χ2v) is 10.2. The lowest BCUT2D eigenvalue weighted by Gasteiger charge is -2.57. The summed E-state index contributed by atoms with van der Waals surface area (Å²) in [6.07, 6.45) is 9.01. The molecule has 2 saturated heterocycles. The first-order valence-electron chi connectivity index (χ1n) is 11.0. The molecule has 0 aromatic rings. The van der Waals surface area contributed by atoms with Crippen molar-refractivity contribution in [3.63, 3.8) is 0 Å². The van der Waals surface area contributed by atoms with Crippen LogP contribution in [0.3, 0.4) is 0 Å². The fraction of sp³-hybridized carbons (Fsp3) is 0.905. The van der Waals surface area contributed by atoms with E-state index >= 15 is 0 Å². The molecule has 29 heavy (non-hydrogen) atoms. The van der Waals surface area contributed by atoms with Crippen LogP contribution in [0.2, 0.25) is 0 Å². The van der Waals surface area contributed by atoms with Crippen LogP contribution >= 0.6 is 0 Å². The molecule has 0 unspecified atom stereocenters. The van der Waals surface area contributed by atoms with Crippen molar-refractivity contribution in [1.29, 1.82) is 0 Å². The lowest BCUT2D eigenvalue weighted by Crippen LogP contribution is -2.60. The zero-order valence-electron chi connectivity index (χ0n) is 16.6. The minimum Gasteiger partial charge on any atom is -0.475 e. The number of nitrogens with one attached hydrogen (secondary N) is 2. The molecule has 4 aliphatic carbocycles. The number of fused-ring (bicyclic) bond motifs is 2. The molecule has 6 bridgehead atoms. The monoisotopic (exact) mass is 416 g/mol. The van der Waals surface area contributed by atoms with Crippen LogP contribution in [0.5, 0.6) is 0 Å². The van der Waals surface area contributed by atoms with Gasteiger partial charge in [-0.05, 0) is 87.9 Å². The number of rotatable bonds is 3. The zero-order chi connectivity index (χ0) is 20.8. The summed E-state index contributed by atoms with van der Waals surface area (Å²) in [5.74, 6) is 0.997. The van der Waals surface area contributed by atoms with Crippen LogP contribution in [0.25, 0.3) is 0 Å². The Kier molecular flexibility index (Phi) is 5.59. The van der Waals surface area contributed by atoms with Crippen LogP contribution in [0.4, 0.5) is 13.2 Å². The summed E-state index contributed by atoms with van der Waals surface area (Å²) in [5.41, 5.74) is 0.206. The fourth-order valence-electron chi connectivity index (χ4n) is 7.21. The molecule has 8 heteroatoms. The number of alkyl halides is 3. The molecule has 4 saturated carbocycles. The van der Waals surface area contributed by atoms with Crippen LogP contribution in [-0.4, -0.2) is 40.8 Å². The summed E-state index contributed by atoms with van der Waals surface area (Å²) in [7, 11) is 0. The predicted molar refractivity (Wildman–Crippen MR) is 100 cm³/mol. The number of aliphatic carboxylic acids is 1. The molecule has 0 spiro atoms. The van der Waals surface area contributed by atoms with Gasteiger partial charge in [-0.25, -0.2) is 4.79 Å². The third-order valence-electron chi connectivity index (χ3n) is 7.73. The molecule has 6 rings (SSSR count). The maximum absolute atomic E-state index is 12.7. The summed E-state index contributed by atoms with van der Waals surface area (Å²) < 4.78 is 31.7. The lowest BCUT2D eigenvalue weighted by molar-refractivity contribution is -0.192. The van der Waals surface area contributed by atoms with Gasteiger partial charge in [-0.1, -0.05) is 0 Å². The van der Waals surface area contributed by atoms with Gasteiger partial charge in [-0.15, -0.1) is 0 Å². The Morgan fingerprint density at radius 1 is 0.931 bits per heavy atom. The molecular weight excluding hydrogens is 385 g/mol. The van der Waals surface area contributed by atoms with E-state index < -0.39 is 12.1 Å². The van der Waals surface area contributed by atoms with Crippen molar-refractivity contribution in [1.82, 2.24) is 10.6 Å². The Balaban J connectivity index is 0.000000255. The van der Waals surface area contributed by atoms with E-state index in [1.807, 2.05) is 0 Å². The summed E-state index contributed by atoms with van der Waals surface area (Å²) in [6.45, 7) is 0. The van der Waals surface area contributed by atoms with Gasteiger partial charge >= 0.3 is 12.1 Å². The van der Waals surface area contributed by atoms with E-state index in [1.165, 1.54) is 64.2 Å². The van der Waals surface area contributed by atoms with Gasteiger partial charge in [0.1, 0.15) is 0 Å². The van der Waals surface area contributed by atoms with Crippen molar-refractivity contribution >= 4 is 11.9 Å². The quantitative estimate of drug-likeness (QED) is 0.657. The average Bonchev–Trinajstić information content (AvgIpc) is 2.91. The first-order valence-corrected chi connectivity index (χ1v) is 11.0. The number of piperidine rings is 1. The Morgan fingerprint density at radius 2 is 1.38 bits per heavy atom. The Bertz CT molecular complexity index is 604. The van der Waals surface area contributed by atoms with E-state index in [1.54, 1.807) is 0 Å². The van der Waals surface area contributed by atoms with Gasteiger partial charge in [0.2, 0.25) is 5.91 Å². The number of carboxylic acid groups (broad SMARTS) is 1. The van der Waals surface area contributed by atoms with Crippen LogP contribution in [-0.2, 0) is 9.59 Å². The highest BCUT2D eigenvalue weighted by molar-refractivity contribution is 5.77. The molecule has 6 fully saturated rings. The molecule has 2 aliphatic heterocycles. The molecule has 5 nitrogen and oxygen atoms in total. The number of hydrogen-bond acceptors (Lipinski definition) is 3. The highest BCUT2D eigenvalue weighted by Crippen LogP contribution is 2.55. The van der Waals surface area contributed by atoms with Gasteiger partial charge in [0.15, 0.2) is 0 Å². The topological polar surface area (TPSA) is 78.4 Å². The standard InChI is InChI=1S/C19H30N2O.C2HF3O2/c22-18(8-12-6-16-1-2-17(7-12)20-16)21-19-9-13-3-14(10-19)5-15(4-13)11-19;3-2(4,5)1(6)7/h12-17,20H,1-11H2,(H,21,22);(H,6,7)/t12-,13?,14?,15?,16+,17-,19?;. The SMILES string of the molecule is O=C(C[C@H]1C[C@H]2CC[C@@H](C1)N2)NC12CC3CC(CC(C3)C1)C2.O=C(O)C(F)(F)F. The molecule has 1 amide bonds. The fourth-order valence-corrected chi connectivity index (χ4v) is 7.21. The minimum absolute atomic E-state index is 0.206. The van der Waals surface area contributed by atoms with Crippen molar-refractivity contribution in [3.8, 4) is 0 Å². The number of carbonyl (C=O) groups excluding carboxylic acids is 1. The summed E-state index contributed by atoms with van der Waals surface area (Å²) in [4.78, 5) is 21.6. The predicted octanol–water partition coefficient (Wildman–Crippen LogP) is 3.63. The second-order valence-electron chi connectivity index (χ2n) is 10.2. The molecule has 3 atom stereocenters. The minimum atomic E-state index is -5.08. The van der Waals surface area contributed by atoms with E-state index in [0.717, 1.165) is 24.2 Å². The third kappa shape index (κ3) is 4.89. The Morgan fingerprint density at radius 3 is 1.79 bits per heavy atom. The normalized spacial score (nSPS) is 42.2. The number of hydrogen-bond donors (Lipinski definition) is 3. The van der Waals surface area contributed by atoms with Crippen LogP contribution in [0, 0.1) is 23.7 Å². The van der Waals surface area contributed by atoms with Crippen molar-refractivity contribution in [3.05, 3.63) is 0 Å². The van der Waals surface area contributed by atoms with Crippen molar-refractivity contribution in [2.45, 2.75) is 94.4 Å². The van der Waals surface area contributed by atoms with Crippen LogP contribution < -0.4 is 10.6 Å². The maximum atomic E-state index is 12.7. The molecule has 6 aliphatic rings. The van der Waals surface area contributed by atoms with E-state index in [0.29, 0.717) is 23.9 Å². The van der Waals surface area contributed by atoms with Gasteiger partial charge in [0, 0.05) is 24.0 Å². The van der Waals surface area contributed by atoms with E-state index in [9.17, 15) is 18.0 Å². The highest BCUT2D eigenvalue weighted by Gasteiger charge is 2.51. The van der Waals surface area contributed by atoms with Gasteiger partial charge in [0.05, 0.1) is 0 Å². The van der Waals surface area contributed by atoms with Gasteiger partial charge in [-0.2, -0.15) is 13.2 Å². The molecular formula is C21H31F3N2O3. The molecule has 164 valence electrons. The van der Waals surface area contributed by atoms with E-state index in [2.05, 4.69) is 10.6 Å². The smallest absolute Gasteiger partial charge is 0.475 e. The summed E-state index contributed by atoms with van der Waals surface area (Å²) in [6, 6.07) is 1.41. The summed E-state index contributed by atoms with van der Waals surface area (Å²) in [5, 5.41) is 14.4.